The van der Waals surface area contributed by atoms with Crippen molar-refractivity contribution in [3.8, 4) is 0 Å². The molecule has 0 aromatic carbocycles. The molecule has 2 nitrogen and oxygen atoms in total. The fourth-order valence-electron chi connectivity index (χ4n) is 0.765. The van der Waals surface area contributed by atoms with E-state index in [0.717, 1.165) is 18.8 Å². The highest BCUT2D eigenvalue weighted by atomic mass is 32.1. The van der Waals surface area contributed by atoms with Crippen molar-refractivity contribution < 1.29 is 9.47 Å². The lowest BCUT2D eigenvalue weighted by Gasteiger charge is -2.17. The fourth-order valence-corrected chi connectivity index (χ4v) is 0.894. The summed E-state index contributed by atoms with van der Waals surface area (Å²) >= 11 is 4.04. The first kappa shape index (κ1) is 13.3. The summed E-state index contributed by atoms with van der Waals surface area (Å²) in [5.74, 6) is 0.780. The monoisotopic (exact) mass is 206 g/mol. The van der Waals surface area contributed by atoms with E-state index in [0.29, 0.717) is 25.2 Å². The summed E-state index contributed by atoms with van der Waals surface area (Å²) in [6, 6.07) is 0. The summed E-state index contributed by atoms with van der Waals surface area (Å²) in [5.41, 5.74) is 0.367. The van der Waals surface area contributed by atoms with Crippen molar-refractivity contribution in [3.63, 3.8) is 0 Å². The Bertz CT molecular complexity index is 110. The molecule has 0 aliphatic heterocycles. The van der Waals surface area contributed by atoms with Gasteiger partial charge in [-0.25, -0.2) is 0 Å². The zero-order chi connectivity index (χ0) is 10.2. The Balaban J connectivity index is 3.00. The van der Waals surface area contributed by atoms with Crippen molar-refractivity contribution in [3.05, 3.63) is 0 Å². The van der Waals surface area contributed by atoms with Crippen molar-refractivity contribution in [2.24, 2.45) is 5.41 Å². The van der Waals surface area contributed by atoms with Gasteiger partial charge in [0, 0.05) is 12.4 Å². The van der Waals surface area contributed by atoms with Gasteiger partial charge in [-0.3, -0.25) is 0 Å². The first-order valence-corrected chi connectivity index (χ1v) is 5.46. The van der Waals surface area contributed by atoms with E-state index in [4.69, 9.17) is 9.47 Å². The SMILES string of the molecule is CC(C)(C)CCOCCOCCS. The third kappa shape index (κ3) is 12.3. The molecule has 0 saturated heterocycles. The molecule has 0 aromatic heterocycles. The molecule has 13 heavy (non-hydrogen) atoms. The predicted octanol–water partition coefficient (Wildman–Crippen LogP) is 2.39. The van der Waals surface area contributed by atoms with Crippen molar-refractivity contribution >= 4 is 12.6 Å². The van der Waals surface area contributed by atoms with Crippen LogP contribution in [0.3, 0.4) is 0 Å². The molecule has 0 bridgehead atoms. The van der Waals surface area contributed by atoms with E-state index >= 15 is 0 Å². The molecule has 0 N–H and O–H groups in total. The molecule has 3 heteroatoms. The molecule has 0 heterocycles. The van der Waals surface area contributed by atoms with Crippen LogP contribution in [-0.4, -0.2) is 32.2 Å². The quantitative estimate of drug-likeness (QED) is 0.509. The summed E-state index contributed by atoms with van der Waals surface area (Å²) in [7, 11) is 0. The fraction of sp³-hybridized carbons (Fsp3) is 1.00. The van der Waals surface area contributed by atoms with Crippen LogP contribution in [0.1, 0.15) is 27.2 Å². The molecular weight excluding hydrogens is 184 g/mol. The molecular formula is C10H22O2S. The topological polar surface area (TPSA) is 18.5 Å². The molecule has 0 unspecified atom stereocenters. The van der Waals surface area contributed by atoms with Gasteiger partial charge in [0.15, 0.2) is 0 Å². The zero-order valence-corrected chi connectivity index (χ0v) is 9.90. The van der Waals surface area contributed by atoms with Gasteiger partial charge in [-0.05, 0) is 11.8 Å². The highest BCUT2D eigenvalue weighted by Crippen LogP contribution is 2.17. The second kappa shape index (κ2) is 7.65. The average Bonchev–Trinajstić information content (AvgIpc) is 2.01. The Hall–Kier alpha value is 0.270. The van der Waals surface area contributed by atoms with Crippen LogP contribution < -0.4 is 0 Å². The molecule has 0 aliphatic carbocycles. The van der Waals surface area contributed by atoms with Gasteiger partial charge in [-0.2, -0.15) is 12.6 Å². The Labute approximate surface area is 87.4 Å². The number of thiol groups is 1. The van der Waals surface area contributed by atoms with Gasteiger partial charge in [-0.1, -0.05) is 20.8 Å². The molecule has 0 atom stereocenters. The van der Waals surface area contributed by atoms with E-state index in [2.05, 4.69) is 33.4 Å². The first-order chi connectivity index (χ1) is 6.06. The van der Waals surface area contributed by atoms with E-state index in [-0.39, 0.29) is 0 Å². The van der Waals surface area contributed by atoms with Gasteiger partial charge in [0.05, 0.1) is 19.8 Å². The van der Waals surface area contributed by atoms with E-state index in [1.807, 2.05) is 0 Å². The molecule has 0 rings (SSSR count). The molecule has 0 amide bonds. The Morgan fingerprint density at radius 1 is 0.923 bits per heavy atom. The van der Waals surface area contributed by atoms with E-state index in [1.165, 1.54) is 0 Å². The maximum absolute atomic E-state index is 5.41. The molecule has 0 aromatic rings. The lowest BCUT2D eigenvalue weighted by molar-refractivity contribution is 0.0440. The van der Waals surface area contributed by atoms with Crippen LogP contribution in [0, 0.1) is 5.41 Å². The summed E-state index contributed by atoms with van der Waals surface area (Å²) in [4.78, 5) is 0. The second-order valence-electron chi connectivity index (χ2n) is 4.26. The highest BCUT2D eigenvalue weighted by Gasteiger charge is 2.08. The molecule has 80 valence electrons. The van der Waals surface area contributed by atoms with Crippen LogP contribution in [-0.2, 0) is 9.47 Å². The summed E-state index contributed by atoms with van der Waals surface area (Å²) in [6.45, 7) is 9.57. The van der Waals surface area contributed by atoms with Gasteiger partial charge < -0.3 is 9.47 Å². The van der Waals surface area contributed by atoms with E-state index < -0.39 is 0 Å². The zero-order valence-electron chi connectivity index (χ0n) is 9.01. The first-order valence-electron chi connectivity index (χ1n) is 4.82. The van der Waals surface area contributed by atoms with Crippen LogP contribution in [0.5, 0.6) is 0 Å². The number of hydrogen-bond donors (Lipinski definition) is 1. The van der Waals surface area contributed by atoms with Crippen LogP contribution >= 0.6 is 12.6 Å². The van der Waals surface area contributed by atoms with Crippen LogP contribution in [0.25, 0.3) is 0 Å². The number of ether oxygens (including phenoxy) is 2. The third-order valence-electron chi connectivity index (χ3n) is 1.60. The molecule has 0 saturated carbocycles. The third-order valence-corrected chi connectivity index (χ3v) is 1.79. The van der Waals surface area contributed by atoms with Crippen LogP contribution in [0.4, 0.5) is 0 Å². The molecule has 0 radical (unpaired) electrons. The minimum Gasteiger partial charge on any atom is -0.379 e. The van der Waals surface area contributed by atoms with Gasteiger partial charge in [0.2, 0.25) is 0 Å². The van der Waals surface area contributed by atoms with Crippen molar-refractivity contribution in [1.82, 2.24) is 0 Å². The maximum atomic E-state index is 5.41. The van der Waals surface area contributed by atoms with Crippen molar-refractivity contribution in [1.29, 1.82) is 0 Å². The van der Waals surface area contributed by atoms with E-state index in [1.54, 1.807) is 0 Å². The summed E-state index contributed by atoms with van der Waals surface area (Å²) in [6.07, 6.45) is 1.10. The van der Waals surface area contributed by atoms with Crippen molar-refractivity contribution in [2.75, 3.05) is 32.2 Å². The Kier molecular flexibility index (Phi) is 7.81. The smallest absolute Gasteiger partial charge is 0.0700 e. The normalized spacial score (nSPS) is 12.0. The Morgan fingerprint density at radius 3 is 1.92 bits per heavy atom. The maximum Gasteiger partial charge on any atom is 0.0700 e. The van der Waals surface area contributed by atoms with Gasteiger partial charge in [-0.15, -0.1) is 0 Å². The molecule has 0 fully saturated rings. The van der Waals surface area contributed by atoms with E-state index in [9.17, 15) is 0 Å². The van der Waals surface area contributed by atoms with Crippen LogP contribution in [0.15, 0.2) is 0 Å². The van der Waals surface area contributed by atoms with Crippen LogP contribution in [0.2, 0.25) is 0 Å². The number of rotatable bonds is 7. The van der Waals surface area contributed by atoms with Crippen molar-refractivity contribution in [2.45, 2.75) is 27.2 Å². The minimum atomic E-state index is 0.367. The lowest BCUT2D eigenvalue weighted by atomic mass is 9.93. The second-order valence-corrected chi connectivity index (χ2v) is 4.71. The summed E-state index contributed by atoms with van der Waals surface area (Å²) < 4.78 is 10.6. The minimum absolute atomic E-state index is 0.367. The standard InChI is InChI=1S/C10H22O2S/c1-10(2,3)4-5-11-6-7-12-8-9-13/h13H,4-9H2,1-3H3. The molecule has 0 aliphatic rings. The van der Waals surface area contributed by atoms with Gasteiger partial charge in [0.1, 0.15) is 0 Å². The number of hydrogen-bond acceptors (Lipinski definition) is 3. The van der Waals surface area contributed by atoms with Gasteiger partial charge in [0.25, 0.3) is 0 Å². The Morgan fingerprint density at radius 2 is 1.46 bits per heavy atom. The largest absolute Gasteiger partial charge is 0.379 e. The predicted molar refractivity (Wildman–Crippen MR) is 59.6 cm³/mol. The van der Waals surface area contributed by atoms with Gasteiger partial charge >= 0.3 is 0 Å². The highest BCUT2D eigenvalue weighted by molar-refractivity contribution is 7.80. The lowest BCUT2D eigenvalue weighted by Crippen LogP contribution is -2.12. The average molecular weight is 206 g/mol. The molecule has 0 spiro atoms. The summed E-state index contributed by atoms with van der Waals surface area (Å²) in [5, 5.41) is 0.